The summed E-state index contributed by atoms with van der Waals surface area (Å²) in [5, 5.41) is 20.0. The van der Waals surface area contributed by atoms with Crippen molar-refractivity contribution in [2.24, 2.45) is 7.05 Å². The molecule has 0 amide bonds. The van der Waals surface area contributed by atoms with Gasteiger partial charge in [0.2, 0.25) is 0 Å². The van der Waals surface area contributed by atoms with E-state index < -0.39 is 13.2 Å². The molecule has 0 bridgehead atoms. The van der Waals surface area contributed by atoms with Crippen molar-refractivity contribution < 1.29 is 14.1 Å². The SMILES string of the molecule is Cc1c([N+](=O)[O-])c(OCCCO[Si](C)(C)C(C)(C)C)nn1-c1ccnn1C. The lowest BCUT2D eigenvalue weighted by atomic mass is 10.2. The molecule has 0 aliphatic heterocycles. The molecular formula is C17H29N5O4Si. The van der Waals surface area contributed by atoms with Crippen molar-refractivity contribution in [1.29, 1.82) is 0 Å². The molecule has 2 aromatic rings. The number of nitrogens with zero attached hydrogens (tertiary/aromatic N) is 5. The Morgan fingerprint density at radius 1 is 1.30 bits per heavy atom. The van der Waals surface area contributed by atoms with Crippen molar-refractivity contribution in [3.63, 3.8) is 0 Å². The van der Waals surface area contributed by atoms with Crippen LogP contribution >= 0.6 is 0 Å². The molecule has 0 radical (unpaired) electrons. The number of ether oxygens (including phenoxy) is 1. The molecule has 0 unspecified atom stereocenters. The maximum Gasteiger partial charge on any atom is 0.353 e. The first-order valence-electron chi connectivity index (χ1n) is 8.95. The first-order chi connectivity index (χ1) is 12.5. The van der Waals surface area contributed by atoms with Gasteiger partial charge in [0.05, 0.1) is 17.7 Å². The summed E-state index contributed by atoms with van der Waals surface area (Å²) < 4.78 is 14.8. The second-order valence-electron chi connectivity index (χ2n) is 8.03. The van der Waals surface area contributed by atoms with E-state index >= 15 is 0 Å². The summed E-state index contributed by atoms with van der Waals surface area (Å²) in [5.74, 6) is 0.651. The molecule has 27 heavy (non-hydrogen) atoms. The van der Waals surface area contributed by atoms with Crippen molar-refractivity contribution >= 4 is 14.0 Å². The average molecular weight is 396 g/mol. The molecule has 0 spiro atoms. The first kappa shape index (κ1) is 21.1. The van der Waals surface area contributed by atoms with Crippen LogP contribution in [0.15, 0.2) is 12.3 Å². The summed E-state index contributed by atoms with van der Waals surface area (Å²) in [4.78, 5) is 11.0. The monoisotopic (exact) mass is 395 g/mol. The summed E-state index contributed by atoms with van der Waals surface area (Å²) in [7, 11) is -0.0527. The van der Waals surface area contributed by atoms with Crippen LogP contribution in [0.4, 0.5) is 5.69 Å². The Morgan fingerprint density at radius 2 is 1.96 bits per heavy atom. The summed E-state index contributed by atoms with van der Waals surface area (Å²) in [6.07, 6.45) is 2.25. The van der Waals surface area contributed by atoms with Crippen LogP contribution in [0.2, 0.25) is 18.1 Å². The van der Waals surface area contributed by atoms with Gasteiger partial charge >= 0.3 is 11.6 Å². The Balaban J connectivity index is 2.05. The molecule has 0 aliphatic rings. The van der Waals surface area contributed by atoms with Crippen LogP contribution in [0.1, 0.15) is 32.9 Å². The van der Waals surface area contributed by atoms with Crippen LogP contribution in [0.5, 0.6) is 5.88 Å². The van der Waals surface area contributed by atoms with Gasteiger partial charge in [0, 0.05) is 26.1 Å². The van der Waals surface area contributed by atoms with Gasteiger partial charge in [0.1, 0.15) is 5.69 Å². The van der Waals surface area contributed by atoms with Crippen LogP contribution in [0.3, 0.4) is 0 Å². The van der Waals surface area contributed by atoms with Crippen LogP contribution < -0.4 is 4.74 Å². The Morgan fingerprint density at radius 3 is 2.48 bits per heavy atom. The highest BCUT2D eigenvalue weighted by Gasteiger charge is 2.36. The van der Waals surface area contributed by atoms with Gasteiger partial charge in [-0.3, -0.25) is 14.8 Å². The fourth-order valence-corrected chi connectivity index (χ4v) is 3.43. The number of hydrogen-bond acceptors (Lipinski definition) is 6. The number of nitro groups is 1. The maximum absolute atomic E-state index is 11.5. The summed E-state index contributed by atoms with van der Waals surface area (Å²) in [5.41, 5.74) is 0.276. The predicted molar refractivity (Wildman–Crippen MR) is 105 cm³/mol. The zero-order valence-corrected chi connectivity index (χ0v) is 18.1. The van der Waals surface area contributed by atoms with Crippen molar-refractivity contribution in [3.8, 4) is 11.7 Å². The Labute approximate surface area is 160 Å². The average Bonchev–Trinajstić information content (AvgIpc) is 3.08. The van der Waals surface area contributed by atoms with Gasteiger partial charge in [-0.15, -0.1) is 5.10 Å². The Hall–Kier alpha value is -2.20. The zero-order valence-electron chi connectivity index (χ0n) is 17.1. The summed E-state index contributed by atoms with van der Waals surface area (Å²) in [6.45, 7) is 13.5. The fraction of sp³-hybridized carbons (Fsp3) is 0.647. The van der Waals surface area contributed by atoms with E-state index in [4.69, 9.17) is 9.16 Å². The van der Waals surface area contributed by atoms with Gasteiger partial charge in [0.25, 0.3) is 0 Å². The lowest BCUT2D eigenvalue weighted by Crippen LogP contribution is -2.41. The molecule has 0 N–H and O–H groups in total. The molecule has 0 aromatic carbocycles. The van der Waals surface area contributed by atoms with Gasteiger partial charge < -0.3 is 9.16 Å². The lowest BCUT2D eigenvalue weighted by molar-refractivity contribution is -0.386. The quantitative estimate of drug-likeness (QED) is 0.293. The summed E-state index contributed by atoms with van der Waals surface area (Å²) in [6, 6.07) is 1.74. The lowest BCUT2D eigenvalue weighted by Gasteiger charge is -2.36. The molecule has 2 heterocycles. The van der Waals surface area contributed by atoms with Crippen molar-refractivity contribution in [2.45, 2.75) is 52.2 Å². The van der Waals surface area contributed by atoms with E-state index in [0.717, 1.165) is 0 Å². The highest BCUT2D eigenvalue weighted by atomic mass is 28.4. The Kier molecular flexibility index (Phi) is 6.10. The van der Waals surface area contributed by atoms with Gasteiger partial charge in [-0.05, 0) is 25.1 Å². The van der Waals surface area contributed by atoms with E-state index in [0.29, 0.717) is 31.1 Å². The summed E-state index contributed by atoms with van der Waals surface area (Å²) >= 11 is 0. The fourth-order valence-electron chi connectivity index (χ4n) is 2.35. The van der Waals surface area contributed by atoms with Gasteiger partial charge in [-0.25, -0.2) is 4.68 Å². The minimum atomic E-state index is -1.80. The number of aryl methyl sites for hydroxylation is 1. The van der Waals surface area contributed by atoms with E-state index in [1.165, 1.54) is 4.68 Å². The molecule has 0 aliphatic carbocycles. The number of aromatic nitrogens is 4. The minimum Gasteiger partial charge on any atom is -0.472 e. The topological polar surface area (TPSA) is 97.2 Å². The highest BCUT2D eigenvalue weighted by molar-refractivity contribution is 6.74. The molecule has 2 aromatic heterocycles. The third-order valence-corrected chi connectivity index (χ3v) is 9.58. The number of hydrogen-bond donors (Lipinski definition) is 0. The highest BCUT2D eigenvalue weighted by Crippen LogP contribution is 2.36. The second kappa shape index (κ2) is 7.81. The maximum atomic E-state index is 11.5. The molecule has 2 rings (SSSR count). The standard InChI is InChI=1S/C17H29N5O4Si/c1-13-15(22(23)24)16(19-21(13)14-9-10-18-20(14)5)25-11-8-12-26-27(6,7)17(2,3)4/h9-10H,8,11-12H2,1-7H3. The molecule has 0 atom stereocenters. The van der Waals surface area contributed by atoms with Gasteiger partial charge in [0.15, 0.2) is 14.1 Å². The molecule has 9 nitrogen and oxygen atoms in total. The zero-order chi connectivity index (χ0) is 20.4. The third kappa shape index (κ3) is 4.56. The normalized spacial score (nSPS) is 12.4. The molecule has 0 fully saturated rings. The van der Waals surface area contributed by atoms with Crippen molar-refractivity contribution in [1.82, 2.24) is 19.6 Å². The Bertz CT molecular complexity index is 807. The largest absolute Gasteiger partial charge is 0.472 e. The van der Waals surface area contributed by atoms with E-state index in [1.54, 1.807) is 30.9 Å². The van der Waals surface area contributed by atoms with Gasteiger partial charge in [-0.2, -0.15) is 5.10 Å². The van der Waals surface area contributed by atoms with Gasteiger partial charge in [-0.1, -0.05) is 20.8 Å². The van der Waals surface area contributed by atoms with Crippen LogP contribution in [0, 0.1) is 17.0 Å². The van der Waals surface area contributed by atoms with Crippen molar-refractivity contribution in [3.05, 3.63) is 28.1 Å². The van der Waals surface area contributed by atoms with Crippen LogP contribution in [0.25, 0.3) is 5.82 Å². The van der Waals surface area contributed by atoms with E-state index in [-0.39, 0.29) is 16.6 Å². The number of rotatable bonds is 8. The minimum absolute atomic E-state index is 0.0195. The van der Waals surface area contributed by atoms with E-state index in [2.05, 4.69) is 44.1 Å². The van der Waals surface area contributed by atoms with Crippen molar-refractivity contribution in [2.75, 3.05) is 13.2 Å². The van der Waals surface area contributed by atoms with E-state index in [9.17, 15) is 10.1 Å². The molecular weight excluding hydrogens is 366 g/mol. The molecule has 0 saturated carbocycles. The molecule has 0 saturated heterocycles. The molecule has 150 valence electrons. The predicted octanol–water partition coefficient (Wildman–Crippen LogP) is 3.61. The second-order valence-corrected chi connectivity index (χ2v) is 12.8. The smallest absolute Gasteiger partial charge is 0.353 e. The first-order valence-corrected chi connectivity index (χ1v) is 11.9. The van der Waals surface area contributed by atoms with Crippen LogP contribution in [-0.2, 0) is 11.5 Å². The molecule has 10 heteroatoms. The van der Waals surface area contributed by atoms with Crippen LogP contribution in [-0.4, -0.2) is 46.0 Å². The van der Waals surface area contributed by atoms with E-state index in [1.807, 2.05) is 0 Å². The third-order valence-electron chi connectivity index (χ3n) is 5.04.